The highest BCUT2D eigenvalue weighted by Crippen LogP contribution is 2.11. The van der Waals surface area contributed by atoms with Gasteiger partial charge in [-0.3, -0.25) is 0 Å². The zero-order valence-electron chi connectivity index (χ0n) is 6.01. The average molecular weight is 165 g/mol. The van der Waals surface area contributed by atoms with Gasteiger partial charge in [-0.15, -0.1) is 0 Å². The summed E-state index contributed by atoms with van der Waals surface area (Å²) in [6, 6.07) is 3.30. The summed E-state index contributed by atoms with van der Waals surface area (Å²) in [6.07, 6.45) is 0. The van der Waals surface area contributed by atoms with E-state index < -0.39 is 11.6 Å². The molecule has 0 aliphatic heterocycles. The standard InChI is InChI=1S/C7H4BF2N2/c9-6-2-1-5(3-7(6)10)12-8-4-11/h1-3,12H. The van der Waals surface area contributed by atoms with Crippen LogP contribution in [-0.4, -0.2) is 7.41 Å². The number of anilines is 1. The Hall–Kier alpha value is -1.57. The summed E-state index contributed by atoms with van der Waals surface area (Å²) in [4.78, 5) is 0. The van der Waals surface area contributed by atoms with Crippen molar-refractivity contribution >= 4 is 13.1 Å². The zero-order chi connectivity index (χ0) is 8.97. The zero-order valence-corrected chi connectivity index (χ0v) is 6.01. The van der Waals surface area contributed by atoms with E-state index in [0.29, 0.717) is 5.69 Å². The topological polar surface area (TPSA) is 35.8 Å². The van der Waals surface area contributed by atoms with Crippen molar-refractivity contribution < 1.29 is 8.78 Å². The third-order valence-corrected chi connectivity index (χ3v) is 1.22. The van der Waals surface area contributed by atoms with Gasteiger partial charge in [-0.2, -0.15) is 0 Å². The van der Waals surface area contributed by atoms with Gasteiger partial charge in [-0.1, -0.05) is 0 Å². The normalized spacial score (nSPS) is 8.75. The number of rotatable bonds is 2. The largest absolute Gasteiger partial charge is 0.419 e. The second-order valence-corrected chi connectivity index (χ2v) is 2.05. The van der Waals surface area contributed by atoms with Crippen LogP contribution in [0.4, 0.5) is 14.5 Å². The molecule has 2 nitrogen and oxygen atoms in total. The van der Waals surface area contributed by atoms with Crippen molar-refractivity contribution in [2.45, 2.75) is 0 Å². The lowest BCUT2D eigenvalue weighted by Crippen LogP contribution is -2.03. The summed E-state index contributed by atoms with van der Waals surface area (Å²) in [7, 11) is 1.08. The van der Waals surface area contributed by atoms with E-state index in [1.165, 1.54) is 6.07 Å². The van der Waals surface area contributed by atoms with Crippen molar-refractivity contribution in [3.8, 4) is 5.97 Å². The molecule has 12 heavy (non-hydrogen) atoms. The van der Waals surface area contributed by atoms with E-state index in [1.807, 2.05) is 0 Å². The number of benzene rings is 1. The van der Waals surface area contributed by atoms with Gasteiger partial charge in [0.25, 0.3) is 0 Å². The van der Waals surface area contributed by atoms with E-state index in [4.69, 9.17) is 5.26 Å². The van der Waals surface area contributed by atoms with Gasteiger partial charge >= 0.3 is 7.41 Å². The monoisotopic (exact) mass is 165 g/mol. The van der Waals surface area contributed by atoms with Gasteiger partial charge in [0.2, 0.25) is 0 Å². The molecule has 0 unspecified atom stereocenters. The van der Waals surface area contributed by atoms with Gasteiger partial charge < -0.3 is 5.23 Å². The molecule has 5 heteroatoms. The van der Waals surface area contributed by atoms with Gasteiger partial charge in [0.15, 0.2) is 11.6 Å². The molecule has 59 valence electrons. The molecule has 1 radical (unpaired) electrons. The van der Waals surface area contributed by atoms with Crippen LogP contribution in [0.3, 0.4) is 0 Å². The number of hydrogen-bond donors (Lipinski definition) is 1. The highest BCUT2D eigenvalue weighted by molar-refractivity contribution is 6.49. The number of nitrogens with one attached hydrogen (secondary N) is 1. The Labute approximate surface area is 69.1 Å². The Kier molecular flexibility index (Phi) is 2.64. The van der Waals surface area contributed by atoms with E-state index >= 15 is 0 Å². The van der Waals surface area contributed by atoms with E-state index in [2.05, 4.69) is 5.23 Å². The Morgan fingerprint density at radius 1 is 1.33 bits per heavy atom. The molecule has 0 bridgehead atoms. The summed E-state index contributed by atoms with van der Waals surface area (Å²) in [5.74, 6) is -0.146. The molecule has 1 rings (SSSR count). The third-order valence-electron chi connectivity index (χ3n) is 1.22. The minimum absolute atomic E-state index is 0.343. The summed E-state index contributed by atoms with van der Waals surface area (Å²) in [5.41, 5.74) is 0.343. The molecule has 0 heterocycles. The van der Waals surface area contributed by atoms with Crippen LogP contribution >= 0.6 is 0 Å². The second kappa shape index (κ2) is 3.72. The highest BCUT2D eigenvalue weighted by Gasteiger charge is 2.01. The highest BCUT2D eigenvalue weighted by atomic mass is 19.2. The summed E-state index contributed by atoms with van der Waals surface area (Å²) >= 11 is 0. The van der Waals surface area contributed by atoms with Crippen LogP contribution < -0.4 is 5.23 Å². The van der Waals surface area contributed by atoms with E-state index in [9.17, 15) is 8.78 Å². The van der Waals surface area contributed by atoms with Crippen LogP contribution in [0.25, 0.3) is 0 Å². The van der Waals surface area contributed by atoms with E-state index in [1.54, 1.807) is 5.97 Å². The maximum absolute atomic E-state index is 12.5. The van der Waals surface area contributed by atoms with Crippen LogP contribution in [0.15, 0.2) is 18.2 Å². The van der Waals surface area contributed by atoms with Crippen LogP contribution in [0.1, 0.15) is 0 Å². The van der Waals surface area contributed by atoms with Crippen LogP contribution in [0.5, 0.6) is 0 Å². The van der Waals surface area contributed by atoms with Crippen LogP contribution in [0.2, 0.25) is 0 Å². The molecule has 0 aliphatic carbocycles. The van der Waals surface area contributed by atoms with Crippen molar-refractivity contribution in [2.24, 2.45) is 0 Å². The van der Waals surface area contributed by atoms with Crippen molar-refractivity contribution in [1.29, 1.82) is 5.26 Å². The minimum atomic E-state index is -0.939. The van der Waals surface area contributed by atoms with E-state index in [0.717, 1.165) is 19.5 Å². The quantitative estimate of drug-likeness (QED) is 0.673. The molecule has 0 amide bonds. The molecule has 0 fully saturated rings. The first-order valence-corrected chi connectivity index (χ1v) is 3.17. The van der Waals surface area contributed by atoms with Gasteiger partial charge in [-0.05, 0) is 18.2 Å². The number of nitrogens with zero attached hydrogens (tertiary/aromatic N) is 1. The van der Waals surface area contributed by atoms with Gasteiger partial charge in [0.1, 0.15) is 0 Å². The van der Waals surface area contributed by atoms with Crippen molar-refractivity contribution in [1.82, 2.24) is 0 Å². The Morgan fingerprint density at radius 3 is 2.67 bits per heavy atom. The lowest BCUT2D eigenvalue weighted by molar-refractivity contribution is 0.509. The molecule has 0 saturated carbocycles. The third kappa shape index (κ3) is 1.96. The van der Waals surface area contributed by atoms with Gasteiger partial charge in [-0.25, -0.2) is 14.0 Å². The van der Waals surface area contributed by atoms with Crippen LogP contribution in [0, 0.1) is 22.9 Å². The average Bonchev–Trinajstić information content (AvgIpc) is 2.07. The first-order valence-electron chi connectivity index (χ1n) is 3.17. The van der Waals surface area contributed by atoms with Gasteiger partial charge in [0.05, 0.1) is 0 Å². The molecular formula is C7H4BF2N2. The van der Waals surface area contributed by atoms with Crippen molar-refractivity contribution in [2.75, 3.05) is 5.23 Å². The SMILES string of the molecule is N#C[B]Nc1ccc(F)c(F)c1. The second-order valence-electron chi connectivity index (χ2n) is 2.05. The predicted molar refractivity (Wildman–Crippen MR) is 41.3 cm³/mol. The number of hydrogen-bond acceptors (Lipinski definition) is 2. The Bertz CT molecular complexity index is 322. The van der Waals surface area contributed by atoms with E-state index in [-0.39, 0.29) is 0 Å². The summed E-state index contributed by atoms with van der Waals surface area (Å²) < 4.78 is 24.8. The first kappa shape index (κ1) is 8.53. The fraction of sp³-hybridized carbons (Fsp3) is 0. The molecule has 1 aromatic carbocycles. The maximum atomic E-state index is 12.5. The summed E-state index contributed by atoms with van der Waals surface area (Å²) in [5, 5.41) is 10.6. The minimum Gasteiger partial charge on any atom is -0.419 e. The lowest BCUT2D eigenvalue weighted by atomic mass is 9.98. The molecule has 0 aliphatic rings. The van der Waals surface area contributed by atoms with Crippen LogP contribution in [-0.2, 0) is 0 Å². The molecular weight excluding hydrogens is 161 g/mol. The molecule has 0 spiro atoms. The molecule has 1 N–H and O–H groups in total. The fourth-order valence-corrected chi connectivity index (χ4v) is 0.702. The Morgan fingerprint density at radius 2 is 2.08 bits per heavy atom. The number of nitriles is 1. The molecule has 1 aromatic rings. The van der Waals surface area contributed by atoms with Crippen molar-refractivity contribution in [3.63, 3.8) is 0 Å². The van der Waals surface area contributed by atoms with Gasteiger partial charge in [0, 0.05) is 11.7 Å². The first-order chi connectivity index (χ1) is 5.74. The lowest BCUT2D eigenvalue weighted by Gasteiger charge is -2.00. The smallest absolute Gasteiger partial charge is 0.384 e. The maximum Gasteiger partial charge on any atom is 0.384 e. The summed E-state index contributed by atoms with van der Waals surface area (Å²) in [6.45, 7) is 0. The number of halogens is 2. The molecule has 0 aromatic heterocycles. The fourth-order valence-electron chi connectivity index (χ4n) is 0.702. The Balaban J connectivity index is 2.77. The molecule has 0 saturated heterocycles. The molecule has 0 atom stereocenters. The van der Waals surface area contributed by atoms with Crippen molar-refractivity contribution in [3.05, 3.63) is 29.8 Å². The predicted octanol–water partition coefficient (Wildman–Crippen LogP) is 1.48.